The lowest BCUT2D eigenvalue weighted by Crippen LogP contribution is -2.51. The quantitative estimate of drug-likeness (QED) is 0.346. The first-order valence-electron chi connectivity index (χ1n) is 7.74. The van der Waals surface area contributed by atoms with E-state index < -0.39 is 10.0 Å². The summed E-state index contributed by atoms with van der Waals surface area (Å²) >= 11 is 1.81. The molecule has 1 rings (SSSR count). The van der Waals surface area contributed by atoms with Crippen LogP contribution in [0.2, 0.25) is 0 Å². The predicted octanol–water partition coefficient (Wildman–Crippen LogP) is 1.73. The summed E-state index contributed by atoms with van der Waals surface area (Å²) in [6.45, 7) is 8.07. The molecule has 1 saturated heterocycles. The maximum atomic E-state index is 11.9. The first-order valence-corrected chi connectivity index (χ1v) is 10.6. The second kappa shape index (κ2) is 10.3. The minimum atomic E-state index is -3.05. The molecule has 23 heavy (non-hydrogen) atoms. The van der Waals surface area contributed by atoms with Crippen LogP contribution in [0.25, 0.3) is 0 Å². The zero-order valence-electron chi connectivity index (χ0n) is 14.8. The van der Waals surface area contributed by atoms with Crippen LogP contribution in [-0.4, -0.2) is 68.2 Å². The van der Waals surface area contributed by atoms with Crippen molar-refractivity contribution in [3.63, 3.8) is 0 Å². The van der Waals surface area contributed by atoms with Gasteiger partial charge in [-0.1, -0.05) is 0 Å². The van der Waals surface area contributed by atoms with Crippen LogP contribution in [0.5, 0.6) is 0 Å². The summed E-state index contributed by atoms with van der Waals surface area (Å²) in [6, 6.07) is 0.270. The SMILES string of the molecule is CCS(=O)(=O)N1CCC(NC(=NC)NCC(C)(C)SC)CC1.I. The van der Waals surface area contributed by atoms with Gasteiger partial charge in [0.05, 0.1) is 5.75 Å². The minimum absolute atomic E-state index is 0. The zero-order chi connectivity index (χ0) is 16.8. The Hall–Kier alpha value is 0.260. The molecule has 0 aromatic rings. The van der Waals surface area contributed by atoms with Crippen molar-refractivity contribution in [2.75, 3.05) is 38.7 Å². The lowest BCUT2D eigenvalue weighted by atomic mass is 10.1. The summed E-state index contributed by atoms with van der Waals surface area (Å²) < 4.78 is 25.4. The summed E-state index contributed by atoms with van der Waals surface area (Å²) in [4.78, 5) is 4.26. The second-order valence-corrected chi connectivity index (χ2v) is 9.88. The van der Waals surface area contributed by atoms with Crippen molar-refractivity contribution < 1.29 is 8.42 Å². The van der Waals surface area contributed by atoms with E-state index in [2.05, 4.69) is 35.7 Å². The van der Waals surface area contributed by atoms with Crippen molar-refractivity contribution >= 4 is 51.7 Å². The molecule has 2 N–H and O–H groups in total. The highest BCUT2D eigenvalue weighted by molar-refractivity contribution is 14.0. The third-order valence-corrected chi connectivity index (χ3v) is 7.14. The predicted molar refractivity (Wildman–Crippen MR) is 112 cm³/mol. The average Bonchev–Trinajstić information content (AvgIpc) is 2.51. The average molecular weight is 478 g/mol. The van der Waals surface area contributed by atoms with E-state index in [-0.39, 0.29) is 40.5 Å². The number of hydrogen-bond donors (Lipinski definition) is 2. The van der Waals surface area contributed by atoms with Gasteiger partial charge >= 0.3 is 0 Å². The van der Waals surface area contributed by atoms with Crippen molar-refractivity contribution in [2.24, 2.45) is 4.99 Å². The fraction of sp³-hybridized carbons (Fsp3) is 0.929. The van der Waals surface area contributed by atoms with Gasteiger partial charge in [0.15, 0.2) is 5.96 Å². The molecular formula is C14H31IN4O2S2. The van der Waals surface area contributed by atoms with Gasteiger partial charge in [-0.2, -0.15) is 11.8 Å². The van der Waals surface area contributed by atoms with E-state index in [9.17, 15) is 8.42 Å². The summed E-state index contributed by atoms with van der Waals surface area (Å²) in [5.74, 6) is 0.969. The normalized spacial score (nSPS) is 18.4. The molecule has 0 saturated carbocycles. The van der Waals surface area contributed by atoms with Crippen LogP contribution in [-0.2, 0) is 10.0 Å². The van der Waals surface area contributed by atoms with Crippen LogP contribution in [0.4, 0.5) is 0 Å². The van der Waals surface area contributed by atoms with E-state index >= 15 is 0 Å². The Morgan fingerprint density at radius 2 is 1.91 bits per heavy atom. The smallest absolute Gasteiger partial charge is 0.213 e. The fourth-order valence-corrected chi connectivity index (χ4v) is 3.57. The Bertz CT molecular complexity index is 475. The highest BCUT2D eigenvalue weighted by Gasteiger charge is 2.27. The fourth-order valence-electron chi connectivity index (χ4n) is 2.22. The molecule has 0 bridgehead atoms. The number of piperidine rings is 1. The first kappa shape index (κ1) is 23.3. The standard InChI is InChI=1S/C14H30N4O2S2.HI/c1-6-22(19,20)18-9-7-12(8-10-18)17-13(15-4)16-11-14(2,3)21-5;/h12H,6-11H2,1-5H3,(H2,15,16,17);1H. The van der Waals surface area contributed by atoms with Gasteiger partial charge in [0.25, 0.3) is 0 Å². The Balaban J connectivity index is 0.00000484. The number of nitrogens with zero attached hydrogens (tertiary/aromatic N) is 2. The molecule has 0 atom stereocenters. The molecule has 0 amide bonds. The molecule has 1 heterocycles. The Kier molecular flexibility index (Phi) is 10.4. The highest BCUT2D eigenvalue weighted by atomic mass is 127. The molecule has 0 unspecified atom stereocenters. The number of rotatable bonds is 6. The topological polar surface area (TPSA) is 73.8 Å². The first-order chi connectivity index (χ1) is 10.2. The van der Waals surface area contributed by atoms with E-state index in [1.54, 1.807) is 18.3 Å². The van der Waals surface area contributed by atoms with Crippen molar-refractivity contribution in [3.8, 4) is 0 Å². The van der Waals surface area contributed by atoms with Crippen LogP contribution in [0.3, 0.4) is 0 Å². The maximum Gasteiger partial charge on any atom is 0.213 e. The molecule has 9 heteroatoms. The molecule has 6 nitrogen and oxygen atoms in total. The lowest BCUT2D eigenvalue weighted by molar-refractivity contribution is 0.306. The third-order valence-electron chi connectivity index (χ3n) is 4.01. The van der Waals surface area contributed by atoms with Crippen molar-refractivity contribution in [2.45, 2.75) is 44.4 Å². The van der Waals surface area contributed by atoms with Gasteiger partial charge in [-0.25, -0.2) is 12.7 Å². The monoisotopic (exact) mass is 478 g/mol. The van der Waals surface area contributed by atoms with Gasteiger partial charge in [0, 0.05) is 37.5 Å². The van der Waals surface area contributed by atoms with Crippen molar-refractivity contribution in [1.29, 1.82) is 0 Å². The van der Waals surface area contributed by atoms with E-state index in [1.165, 1.54) is 0 Å². The third kappa shape index (κ3) is 7.78. The van der Waals surface area contributed by atoms with Gasteiger partial charge in [-0.05, 0) is 39.9 Å². The Morgan fingerprint density at radius 1 is 1.35 bits per heavy atom. The summed E-state index contributed by atoms with van der Waals surface area (Å²) in [6.07, 6.45) is 3.72. The summed E-state index contributed by atoms with van der Waals surface area (Å²) in [5, 5.41) is 6.75. The largest absolute Gasteiger partial charge is 0.355 e. The van der Waals surface area contributed by atoms with E-state index in [0.29, 0.717) is 13.1 Å². The number of halogens is 1. The zero-order valence-corrected chi connectivity index (χ0v) is 18.7. The van der Waals surface area contributed by atoms with E-state index in [4.69, 9.17) is 0 Å². The minimum Gasteiger partial charge on any atom is -0.355 e. The van der Waals surface area contributed by atoms with E-state index in [0.717, 1.165) is 25.3 Å². The Labute approximate surface area is 162 Å². The van der Waals surface area contributed by atoms with Crippen LogP contribution in [0.1, 0.15) is 33.6 Å². The highest BCUT2D eigenvalue weighted by Crippen LogP contribution is 2.19. The van der Waals surface area contributed by atoms with Crippen LogP contribution < -0.4 is 10.6 Å². The Morgan fingerprint density at radius 3 is 2.35 bits per heavy atom. The number of hydrogen-bond acceptors (Lipinski definition) is 4. The van der Waals surface area contributed by atoms with Gasteiger partial charge in [-0.3, -0.25) is 4.99 Å². The van der Waals surface area contributed by atoms with Crippen LogP contribution >= 0.6 is 35.7 Å². The molecule has 1 aliphatic heterocycles. The summed E-state index contributed by atoms with van der Waals surface area (Å²) in [7, 11) is -1.29. The van der Waals surface area contributed by atoms with Crippen LogP contribution in [0, 0.1) is 0 Å². The number of sulfonamides is 1. The molecule has 0 aliphatic carbocycles. The summed E-state index contributed by atoms with van der Waals surface area (Å²) in [5.41, 5.74) is 0. The van der Waals surface area contributed by atoms with Gasteiger partial charge < -0.3 is 10.6 Å². The van der Waals surface area contributed by atoms with E-state index in [1.807, 2.05) is 11.8 Å². The second-order valence-electron chi connectivity index (χ2n) is 6.11. The number of nitrogens with one attached hydrogen (secondary N) is 2. The van der Waals surface area contributed by atoms with Gasteiger partial charge in [-0.15, -0.1) is 24.0 Å². The number of guanidine groups is 1. The van der Waals surface area contributed by atoms with Gasteiger partial charge in [0.1, 0.15) is 0 Å². The molecular weight excluding hydrogens is 447 g/mol. The molecule has 0 spiro atoms. The molecule has 0 aromatic heterocycles. The van der Waals surface area contributed by atoms with Crippen LogP contribution in [0.15, 0.2) is 4.99 Å². The maximum absolute atomic E-state index is 11.9. The van der Waals surface area contributed by atoms with Crippen molar-refractivity contribution in [3.05, 3.63) is 0 Å². The molecule has 0 aromatic carbocycles. The number of thioether (sulfide) groups is 1. The lowest BCUT2D eigenvalue weighted by Gasteiger charge is -2.32. The molecule has 0 radical (unpaired) electrons. The van der Waals surface area contributed by atoms with Crippen molar-refractivity contribution in [1.82, 2.24) is 14.9 Å². The molecule has 1 aliphatic rings. The van der Waals surface area contributed by atoms with Gasteiger partial charge in [0.2, 0.25) is 10.0 Å². The number of aliphatic imine (C=N–C) groups is 1. The molecule has 138 valence electrons. The molecule has 1 fully saturated rings.